The molecular weight excluding hydrogens is 402 g/mol. The van der Waals surface area contributed by atoms with Gasteiger partial charge in [0, 0.05) is 22.7 Å². The number of sulfone groups is 1. The van der Waals surface area contributed by atoms with Crippen molar-refractivity contribution in [1.82, 2.24) is 15.2 Å². The molecule has 29 heavy (non-hydrogen) atoms. The summed E-state index contributed by atoms with van der Waals surface area (Å²) in [5, 5.41) is 9.80. The largest absolute Gasteiger partial charge is 0.341 e. The first-order chi connectivity index (χ1) is 13.8. The smallest absolute Gasteiger partial charge is 0.322 e. The fourth-order valence-electron chi connectivity index (χ4n) is 2.75. The van der Waals surface area contributed by atoms with Gasteiger partial charge in [0.25, 0.3) is 5.91 Å². The number of amides is 1. The van der Waals surface area contributed by atoms with Crippen LogP contribution >= 0.6 is 0 Å². The molecule has 1 heterocycles. The Morgan fingerprint density at radius 1 is 1.07 bits per heavy atom. The van der Waals surface area contributed by atoms with Crippen molar-refractivity contribution in [2.45, 2.75) is 29.4 Å². The summed E-state index contributed by atoms with van der Waals surface area (Å²) in [7, 11) is -4.69. The third-order valence-electron chi connectivity index (χ3n) is 4.55. The summed E-state index contributed by atoms with van der Waals surface area (Å²) in [6.07, 6.45) is 2.24. The Kier molecular flexibility index (Phi) is 4.87. The van der Waals surface area contributed by atoms with Crippen molar-refractivity contribution >= 4 is 21.4 Å². The molecule has 0 radical (unpaired) electrons. The van der Waals surface area contributed by atoms with Crippen molar-refractivity contribution in [2.75, 3.05) is 5.32 Å². The van der Waals surface area contributed by atoms with Crippen LogP contribution in [-0.2, 0) is 9.84 Å². The van der Waals surface area contributed by atoms with Crippen LogP contribution in [0.25, 0.3) is 11.4 Å². The molecule has 0 saturated heterocycles. The number of aromatic nitrogens is 3. The molecule has 10 heteroatoms. The first-order valence-electron chi connectivity index (χ1n) is 8.81. The van der Waals surface area contributed by atoms with Crippen molar-refractivity contribution in [2.24, 2.45) is 0 Å². The Bertz CT molecular complexity index is 1140. The lowest BCUT2D eigenvalue weighted by atomic mass is 10.1. The van der Waals surface area contributed by atoms with Crippen LogP contribution in [0.15, 0.2) is 53.4 Å². The van der Waals surface area contributed by atoms with Gasteiger partial charge in [-0.15, -0.1) is 0 Å². The van der Waals surface area contributed by atoms with E-state index in [0.717, 1.165) is 36.4 Å². The second-order valence-electron chi connectivity index (χ2n) is 6.68. The van der Waals surface area contributed by atoms with Crippen LogP contribution in [0.2, 0.25) is 0 Å². The van der Waals surface area contributed by atoms with Crippen molar-refractivity contribution in [3.63, 3.8) is 0 Å². The molecule has 1 amide bonds. The first kappa shape index (κ1) is 19.2. The van der Waals surface area contributed by atoms with Gasteiger partial charge in [0.05, 0.1) is 4.90 Å². The molecule has 0 aliphatic heterocycles. The maximum absolute atomic E-state index is 12.6. The second kappa shape index (κ2) is 7.36. The molecule has 0 unspecified atom stereocenters. The van der Waals surface area contributed by atoms with Crippen LogP contribution < -0.4 is 5.32 Å². The fraction of sp³-hybridized carbons (Fsp3) is 0.211. The number of anilines is 1. The lowest BCUT2D eigenvalue weighted by Crippen LogP contribution is -2.14. The number of alkyl halides is 2. The Balaban J connectivity index is 1.44. The Labute approximate surface area is 165 Å². The lowest BCUT2D eigenvalue weighted by Gasteiger charge is -2.07. The fourth-order valence-corrected chi connectivity index (χ4v) is 3.47. The van der Waals surface area contributed by atoms with E-state index in [2.05, 4.69) is 20.5 Å². The molecule has 2 aromatic carbocycles. The normalized spacial score (nSPS) is 14.2. The van der Waals surface area contributed by atoms with E-state index in [-0.39, 0.29) is 5.56 Å². The number of rotatable bonds is 6. The second-order valence-corrected chi connectivity index (χ2v) is 8.60. The molecule has 1 fully saturated rings. The summed E-state index contributed by atoms with van der Waals surface area (Å²) >= 11 is 0. The number of nitrogens with one attached hydrogen (secondary N) is 2. The van der Waals surface area contributed by atoms with Gasteiger partial charge in [-0.2, -0.15) is 13.9 Å². The van der Waals surface area contributed by atoms with Crippen molar-refractivity contribution < 1.29 is 22.0 Å². The molecule has 150 valence electrons. The summed E-state index contributed by atoms with van der Waals surface area (Å²) in [4.78, 5) is 16.2. The molecule has 0 spiro atoms. The van der Waals surface area contributed by atoms with Gasteiger partial charge in [-0.3, -0.25) is 9.89 Å². The SMILES string of the molecule is O=C(Nc1ccc(-c2n[nH]c(C3CC3)n2)cc1)c1ccc(S(=O)(=O)C(F)F)cc1. The summed E-state index contributed by atoms with van der Waals surface area (Å²) in [6, 6.07) is 11.3. The number of carbonyl (C=O) groups is 1. The predicted octanol–water partition coefficient (Wildman–Crippen LogP) is 3.60. The number of H-pyrrole nitrogens is 1. The number of aromatic amines is 1. The minimum Gasteiger partial charge on any atom is -0.322 e. The number of nitrogens with zero attached hydrogens (tertiary/aromatic N) is 2. The summed E-state index contributed by atoms with van der Waals surface area (Å²) in [5.41, 5.74) is 1.46. The van der Waals surface area contributed by atoms with Crippen molar-refractivity contribution in [3.8, 4) is 11.4 Å². The van der Waals surface area contributed by atoms with Crippen LogP contribution in [0, 0.1) is 0 Å². The van der Waals surface area contributed by atoms with Gasteiger partial charge in [0.15, 0.2) is 5.82 Å². The Morgan fingerprint density at radius 2 is 1.72 bits per heavy atom. The highest BCUT2D eigenvalue weighted by molar-refractivity contribution is 7.91. The van der Waals surface area contributed by atoms with Crippen molar-refractivity contribution in [1.29, 1.82) is 0 Å². The zero-order valence-corrected chi connectivity index (χ0v) is 15.8. The molecule has 1 aromatic heterocycles. The van der Waals surface area contributed by atoms with Crippen LogP contribution in [0.5, 0.6) is 0 Å². The summed E-state index contributed by atoms with van der Waals surface area (Å²) in [6.45, 7) is 0. The molecular formula is C19H16F2N4O3S. The van der Waals surface area contributed by atoms with Gasteiger partial charge < -0.3 is 5.32 Å². The topological polar surface area (TPSA) is 105 Å². The van der Waals surface area contributed by atoms with E-state index in [0.29, 0.717) is 17.4 Å². The summed E-state index contributed by atoms with van der Waals surface area (Å²) < 4.78 is 48.0. The van der Waals surface area contributed by atoms with E-state index in [9.17, 15) is 22.0 Å². The van der Waals surface area contributed by atoms with Crippen LogP contribution in [-0.4, -0.2) is 35.3 Å². The van der Waals surface area contributed by atoms with Crippen molar-refractivity contribution in [3.05, 3.63) is 59.9 Å². The van der Waals surface area contributed by atoms with Gasteiger partial charge in [-0.1, -0.05) is 0 Å². The minimum atomic E-state index is -4.69. The summed E-state index contributed by atoms with van der Waals surface area (Å²) in [5.74, 6) is -2.06. The maximum Gasteiger partial charge on any atom is 0.341 e. The zero-order valence-electron chi connectivity index (χ0n) is 15.0. The van der Waals surface area contributed by atoms with Gasteiger partial charge in [-0.25, -0.2) is 13.4 Å². The highest BCUT2D eigenvalue weighted by atomic mass is 32.2. The highest BCUT2D eigenvalue weighted by Gasteiger charge is 2.27. The Morgan fingerprint density at radius 3 is 2.31 bits per heavy atom. The van der Waals surface area contributed by atoms with Gasteiger partial charge in [-0.05, 0) is 61.4 Å². The van der Waals surface area contributed by atoms with Gasteiger partial charge in [0.1, 0.15) is 5.82 Å². The molecule has 0 atom stereocenters. The molecule has 3 aromatic rings. The lowest BCUT2D eigenvalue weighted by molar-refractivity contribution is 0.102. The number of benzene rings is 2. The molecule has 7 nitrogen and oxygen atoms in total. The molecule has 0 bridgehead atoms. The molecule has 4 rings (SSSR count). The van der Waals surface area contributed by atoms with Crippen LogP contribution in [0.3, 0.4) is 0 Å². The predicted molar refractivity (Wildman–Crippen MR) is 101 cm³/mol. The van der Waals surface area contributed by atoms with Crippen LogP contribution in [0.1, 0.15) is 34.9 Å². The van der Waals surface area contributed by atoms with E-state index >= 15 is 0 Å². The molecule has 1 aliphatic carbocycles. The first-order valence-corrected chi connectivity index (χ1v) is 10.4. The number of halogens is 2. The average Bonchev–Trinajstić information content (AvgIpc) is 3.45. The molecule has 2 N–H and O–H groups in total. The van der Waals surface area contributed by atoms with Crippen LogP contribution in [0.4, 0.5) is 14.5 Å². The number of carbonyl (C=O) groups excluding carboxylic acids is 1. The van der Waals surface area contributed by atoms with E-state index < -0.39 is 26.4 Å². The zero-order chi connectivity index (χ0) is 20.6. The van der Waals surface area contributed by atoms with Gasteiger partial charge >= 0.3 is 5.76 Å². The molecule has 1 aliphatic rings. The number of hydrogen-bond donors (Lipinski definition) is 2. The quantitative estimate of drug-likeness (QED) is 0.636. The Hall–Kier alpha value is -3.14. The highest BCUT2D eigenvalue weighted by Crippen LogP contribution is 2.38. The third kappa shape index (κ3) is 4.02. The van der Waals surface area contributed by atoms with Gasteiger partial charge in [0.2, 0.25) is 9.84 Å². The maximum atomic E-state index is 12.6. The number of hydrogen-bond acceptors (Lipinski definition) is 5. The van der Waals surface area contributed by atoms with E-state index in [1.54, 1.807) is 24.3 Å². The molecule has 1 saturated carbocycles. The van der Waals surface area contributed by atoms with E-state index in [4.69, 9.17) is 0 Å². The average molecular weight is 418 g/mol. The van der Waals surface area contributed by atoms with E-state index in [1.165, 1.54) is 12.1 Å². The minimum absolute atomic E-state index is 0.144. The van der Waals surface area contributed by atoms with E-state index in [1.807, 2.05) is 0 Å². The monoisotopic (exact) mass is 418 g/mol. The standard InChI is InChI=1S/C19H16F2N4O3S/c20-19(21)29(27,28)15-9-5-13(6-10-15)18(26)22-14-7-3-12(4-8-14)17-23-16(24-25-17)11-1-2-11/h3-11,19H,1-2H2,(H,22,26)(H,23,24,25). The third-order valence-corrected chi connectivity index (χ3v) is 5.95.